The van der Waals surface area contributed by atoms with Crippen molar-refractivity contribution in [3.8, 4) is 0 Å². The summed E-state index contributed by atoms with van der Waals surface area (Å²) in [4.78, 5) is 23.1. The number of hydrogen-bond acceptors (Lipinski definition) is 2. The normalized spacial score (nSPS) is 10.2. The quantitative estimate of drug-likeness (QED) is 0.892. The lowest BCUT2D eigenvalue weighted by Crippen LogP contribution is -2.15. The predicted molar refractivity (Wildman–Crippen MR) is 77.8 cm³/mol. The summed E-state index contributed by atoms with van der Waals surface area (Å²) in [6.07, 6.45) is 0. The van der Waals surface area contributed by atoms with Crippen LogP contribution in [0.4, 0.5) is 10.1 Å². The van der Waals surface area contributed by atoms with Gasteiger partial charge in [0.1, 0.15) is 5.82 Å². The minimum absolute atomic E-state index is 0.0988. The number of anilines is 1. The largest absolute Gasteiger partial charge is 0.478 e. The summed E-state index contributed by atoms with van der Waals surface area (Å²) in [6.45, 7) is 0. The van der Waals surface area contributed by atoms with E-state index >= 15 is 0 Å². The maximum atomic E-state index is 13.2. The molecule has 0 radical (unpaired) electrons. The predicted octanol–water partition coefficient (Wildman–Crippen LogP) is 4.08. The first kappa shape index (κ1) is 15.3. The molecule has 108 valence electrons. The number of carboxylic acid groups (broad SMARTS) is 1. The first-order valence-corrected chi connectivity index (χ1v) is 6.43. The highest BCUT2D eigenvalue weighted by Gasteiger charge is 2.16. The summed E-state index contributed by atoms with van der Waals surface area (Å²) in [6, 6.07) is 7.21. The van der Waals surface area contributed by atoms with Gasteiger partial charge in [0.2, 0.25) is 0 Å². The van der Waals surface area contributed by atoms with Gasteiger partial charge in [0, 0.05) is 5.02 Å². The fourth-order valence-electron chi connectivity index (χ4n) is 1.67. The van der Waals surface area contributed by atoms with Crippen molar-refractivity contribution in [1.82, 2.24) is 0 Å². The van der Waals surface area contributed by atoms with E-state index in [4.69, 9.17) is 28.3 Å². The Morgan fingerprint density at radius 2 is 1.71 bits per heavy atom. The lowest BCUT2D eigenvalue weighted by atomic mass is 10.1. The van der Waals surface area contributed by atoms with E-state index in [2.05, 4.69) is 5.32 Å². The summed E-state index contributed by atoms with van der Waals surface area (Å²) in [5.74, 6) is -2.62. The minimum atomic E-state index is -1.28. The van der Waals surface area contributed by atoms with Gasteiger partial charge in [-0.2, -0.15) is 0 Å². The van der Waals surface area contributed by atoms with Gasteiger partial charge in [-0.1, -0.05) is 23.2 Å². The molecule has 0 unspecified atom stereocenters. The summed E-state index contributed by atoms with van der Waals surface area (Å²) in [7, 11) is 0. The molecule has 0 saturated carbocycles. The van der Waals surface area contributed by atoms with Crippen molar-refractivity contribution in [2.24, 2.45) is 0 Å². The van der Waals surface area contributed by atoms with Gasteiger partial charge < -0.3 is 10.4 Å². The fraction of sp³-hybridized carbons (Fsp3) is 0. The van der Waals surface area contributed by atoms with Crippen LogP contribution in [-0.2, 0) is 0 Å². The van der Waals surface area contributed by atoms with Crippen LogP contribution < -0.4 is 5.32 Å². The molecule has 2 N–H and O–H groups in total. The smallest absolute Gasteiger partial charge is 0.337 e. The zero-order valence-electron chi connectivity index (χ0n) is 10.4. The van der Waals surface area contributed by atoms with Gasteiger partial charge in [0.05, 0.1) is 21.8 Å². The zero-order chi connectivity index (χ0) is 15.6. The van der Waals surface area contributed by atoms with Gasteiger partial charge in [0.25, 0.3) is 5.91 Å². The lowest BCUT2D eigenvalue weighted by molar-refractivity contribution is 0.0698. The maximum absolute atomic E-state index is 13.2. The highest BCUT2D eigenvalue weighted by Crippen LogP contribution is 2.23. The highest BCUT2D eigenvalue weighted by atomic mass is 35.5. The van der Waals surface area contributed by atoms with Gasteiger partial charge in [0.15, 0.2) is 0 Å². The van der Waals surface area contributed by atoms with Crippen molar-refractivity contribution in [3.05, 3.63) is 63.4 Å². The SMILES string of the molecule is O=C(Nc1cc(F)ccc1C(=O)O)c1ccc(Cl)cc1Cl. The maximum Gasteiger partial charge on any atom is 0.337 e. The molecule has 2 aromatic rings. The number of nitrogens with one attached hydrogen (secondary N) is 1. The second-order valence-electron chi connectivity index (χ2n) is 4.07. The van der Waals surface area contributed by atoms with E-state index in [1.807, 2.05) is 0 Å². The van der Waals surface area contributed by atoms with E-state index in [0.29, 0.717) is 5.02 Å². The Morgan fingerprint density at radius 1 is 1.05 bits per heavy atom. The van der Waals surface area contributed by atoms with Gasteiger partial charge >= 0.3 is 5.97 Å². The van der Waals surface area contributed by atoms with Crippen LogP contribution in [0.5, 0.6) is 0 Å². The molecule has 0 atom stereocenters. The number of carbonyl (C=O) groups is 2. The fourth-order valence-corrected chi connectivity index (χ4v) is 2.16. The number of carboxylic acids is 1. The molecule has 0 fully saturated rings. The Kier molecular flexibility index (Phi) is 4.45. The van der Waals surface area contributed by atoms with Crippen molar-refractivity contribution in [1.29, 1.82) is 0 Å². The molecule has 21 heavy (non-hydrogen) atoms. The van der Waals surface area contributed by atoms with Crippen LogP contribution in [0.2, 0.25) is 10.0 Å². The summed E-state index contributed by atoms with van der Waals surface area (Å²) in [5.41, 5.74) is -0.282. The van der Waals surface area contributed by atoms with Crippen molar-refractivity contribution >= 4 is 40.8 Å². The minimum Gasteiger partial charge on any atom is -0.478 e. The van der Waals surface area contributed by atoms with Crippen LogP contribution >= 0.6 is 23.2 Å². The molecule has 4 nitrogen and oxygen atoms in total. The topological polar surface area (TPSA) is 66.4 Å². The van der Waals surface area contributed by atoms with Crippen LogP contribution in [0, 0.1) is 5.82 Å². The second kappa shape index (κ2) is 6.11. The molecular weight excluding hydrogens is 320 g/mol. The number of amides is 1. The first-order chi connectivity index (χ1) is 9.88. The number of halogens is 3. The lowest BCUT2D eigenvalue weighted by Gasteiger charge is -2.09. The molecule has 7 heteroatoms. The number of carbonyl (C=O) groups excluding carboxylic acids is 1. The van der Waals surface area contributed by atoms with E-state index in [1.54, 1.807) is 0 Å². The average molecular weight is 328 g/mol. The average Bonchev–Trinajstić information content (AvgIpc) is 2.37. The van der Waals surface area contributed by atoms with E-state index < -0.39 is 17.7 Å². The van der Waals surface area contributed by atoms with E-state index in [-0.39, 0.29) is 21.8 Å². The molecule has 0 aliphatic heterocycles. The van der Waals surface area contributed by atoms with Crippen molar-refractivity contribution in [2.75, 3.05) is 5.32 Å². The van der Waals surface area contributed by atoms with Crippen molar-refractivity contribution < 1.29 is 19.1 Å². The molecular formula is C14H8Cl2FNO3. The summed E-state index contributed by atoms with van der Waals surface area (Å²) >= 11 is 11.6. The molecule has 0 spiro atoms. The molecule has 1 amide bonds. The van der Waals surface area contributed by atoms with Gasteiger partial charge in [-0.15, -0.1) is 0 Å². The Hall–Kier alpha value is -2.11. The first-order valence-electron chi connectivity index (χ1n) is 5.67. The molecule has 0 heterocycles. The summed E-state index contributed by atoms with van der Waals surface area (Å²) in [5, 5.41) is 11.8. The molecule has 2 rings (SSSR count). The molecule has 0 aliphatic rings. The van der Waals surface area contributed by atoms with Gasteiger partial charge in [-0.05, 0) is 36.4 Å². The van der Waals surface area contributed by atoms with Crippen molar-refractivity contribution in [3.63, 3.8) is 0 Å². The number of aromatic carboxylic acids is 1. The third kappa shape index (κ3) is 3.51. The second-order valence-corrected chi connectivity index (χ2v) is 4.92. The molecule has 0 aromatic heterocycles. The monoisotopic (exact) mass is 327 g/mol. The Morgan fingerprint density at radius 3 is 2.33 bits per heavy atom. The standard InChI is InChI=1S/C14H8Cl2FNO3/c15-7-1-3-9(11(16)5-7)13(19)18-12-6-8(17)2-4-10(12)14(20)21/h1-6H,(H,18,19)(H,20,21). The van der Waals surface area contributed by atoms with Crippen LogP contribution in [0.1, 0.15) is 20.7 Å². The number of hydrogen-bond donors (Lipinski definition) is 2. The Bertz CT molecular complexity index is 734. The Balaban J connectivity index is 2.35. The van der Waals surface area contributed by atoms with Crippen LogP contribution in [-0.4, -0.2) is 17.0 Å². The van der Waals surface area contributed by atoms with Crippen molar-refractivity contribution in [2.45, 2.75) is 0 Å². The highest BCUT2D eigenvalue weighted by molar-refractivity contribution is 6.37. The summed E-state index contributed by atoms with van der Waals surface area (Å²) < 4.78 is 13.2. The van der Waals surface area contributed by atoms with Crippen LogP contribution in [0.3, 0.4) is 0 Å². The third-order valence-electron chi connectivity index (χ3n) is 2.64. The number of benzene rings is 2. The van der Waals surface area contributed by atoms with E-state index in [0.717, 1.165) is 18.2 Å². The molecule has 0 saturated heterocycles. The van der Waals surface area contributed by atoms with Crippen LogP contribution in [0.15, 0.2) is 36.4 Å². The molecule has 2 aromatic carbocycles. The molecule has 0 bridgehead atoms. The Labute approximate surface area is 129 Å². The molecule has 0 aliphatic carbocycles. The van der Waals surface area contributed by atoms with E-state index in [9.17, 15) is 14.0 Å². The third-order valence-corrected chi connectivity index (χ3v) is 3.18. The van der Waals surface area contributed by atoms with E-state index in [1.165, 1.54) is 18.2 Å². The van der Waals surface area contributed by atoms with Crippen LogP contribution in [0.25, 0.3) is 0 Å². The van der Waals surface area contributed by atoms with Gasteiger partial charge in [-0.25, -0.2) is 9.18 Å². The van der Waals surface area contributed by atoms with Gasteiger partial charge in [-0.3, -0.25) is 4.79 Å². The number of rotatable bonds is 3. The zero-order valence-corrected chi connectivity index (χ0v) is 11.9.